The zero-order chi connectivity index (χ0) is 20.3. The minimum atomic E-state index is 0.790. The first-order valence-electron chi connectivity index (χ1n) is 12.1. The standard InChI is InChI=1S/C29H38/c1-17-9-18(2)12-22(11-17)28-24-7-6-8-25(24)29(27-16-21(5)15-26(27)28)23-13-19(3)10-20(4)14-23/h9-14,21,24-29H,6-8,15-16H2,1-5H3. The van der Waals surface area contributed by atoms with Crippen LogP contribution in [0.4, 0.5) is 0 Å². The van der Waals surface area contributed by atoms with Crippen molar-refractivity contribution in [2.24, 2.45) is 29.6 Å². The van der Waals surface area contributed by atoms with Gasteiger partial charge in [-0.05, 0) is 106 Å². The molecule has 3 aliphatic rings. The third kappa shape index (κ3) is 3.37. The first kappa shape index (κ1) is 19.4. The molecule has 0 aromatic heterocycles. The first-order chi connectivity index (χ1) is 13.9. The van der Waals surface area contributed by atoms with E-state index in [1.807, 2.05) is 0 Å². The maximum absolute atomic E-state index is 2.53. The number of aryl methyl sites for hydroxylation is 4. The fourth-order valence-corrected chi connectivity index (χ4v) is 8.14. The molecule has 0 bridgehead atoms. The van der Waals surface area contributed by atoms with E-state index < -0.39 is 0 Å². The summed E-state index contributed by atoms with van der Waals surface area (Å²) in [6, 6.07) is 14.8. The van der Waals surface area contributed by atoms with E-state index in [0.29, 0.717) is 0 Å². The van der Waals surface area contributed by atoms with Gasteiger partial charge in [-0.25, -0.2) is 0 Å². The molecule has 2 aromatic rings. The molecule has 0 N–H and O–H groups in total. The second-order valence-corrected chi connectivity index (χ2v) is 11.1. The predicted molar refractivity (Wildman–Crippen MR) is 124 cm³/mol. The Labute approximate surface area is 178 Å². The van der Waals surface area contributed by atoms with E-state index in [9.17, 15) is 0 Å². The van der Waals surface area contributed by atoms with Gasteiger partial charge in [0.25, 0.3) is 0 Å². The lowest BCUT2D eigenvalue weighted by Crippen LogP contribution is -2.40. The molecular formula is C29H38. The summed E-state index contributed by atoms with van der Waals surface area (Å²) in [6.07, 6.45) is 7.20. The summed E-state index contributed by atoms with van der Waals surface area (Å²) in [5.74, 6) is 5.97. The van der Waals surface area contributed by atoms with E-state index >= 15 is 0 Å². The minimum absolute atomic E-state index is 0.790. The van der Waals surface area contributed by atoms with Gasteiger partial charge in [-0.3, -0.25) is 0 Å². The van der Waals surface area contributed by atoms with E-state index in [-0.39, 0.29) is 0 Å². The molecule has 5 rings (SSSR count). The van der Waals surface area contributed by atoms with Crippen molar-refractivity contribution in [2.45, 2.75) is 78.6 Å². The van der Waals surface area contributed by atoms with Crippen molar-refractivity contribution >= 4 is 0 Å². The molecule has 0 aliphatic heterocycles. The van der Waals surface area contributed by atoms with Gasteiger partial charge in [-0.15, -0.1) is 0 Å². The van der Waals surface area contributed by atoms with E-state index in [0.717, 1.165) is 41.4 Å². The summed E-state index contributed by atoms with van der Waals surface area (Å²) in [7, 11) is 0. The van der Waals surface area contributed by atoms with Crippen molar-refractivity contribution in [3.05, 3.63) is 69.8 Å². The lowest BCUT2D eigenvalue weighted by Gasteiger charge is -2.49. The highest BCUT2D eigenvalue weighted by molar-refractivity contribution is 5.37. The van der Waals surface area contributed by atoms with Gasteiger partial charge in [0, 0.05) is 0 Å². The Morgan fingerprint density at radius 2 is 0.931 bits per heavy atom. The maximum Gasteiger partial charge on any atom is -0.00992 e. The Morgan fingerprint density at radius 1 is 0.552 bits per heavy atom. The third-order valence-corrected chi connectivity index (χ3v) is 8.63. The molecule has 6 atom stereocenters. The van der Waals surface area contributed by atoms with Crippen LogP contribution in [0.15, 0.2) is 36.4 Å². The zero-order valence-corrected chi connectivity index (χ0v) is 19.0. The van der Waals surface area contributed by atoms with E-state index in [1.54, 1.807) is 11.1 Å². The van der Waals surface area contributed by atoms with Crippen LogP contribution in [0.1, 0.15) is 84.2 Å². The van der Waals surface area contributed by atoms with Gasteiger partial charge in [0.05, 0.1) is 0 Å². The van der Waals surface area contributed by atoms with Crippen LogP contribution >= 0.6 is 0 Å². The molecule has 0 nitrogen and oxygen atoms in total. The minimum Gasteiger partial charge on any atom is -0.0625 e. The molecule has 154 valence electrons. The number of fused-ring (bicyclic) bond motifs is 2. The summed E-state index contributed by atoms with van der Waals surface area (Å²) in [5.41, 5.74) is 9.15. The zero-order valence-electron chi connectivity index (χ0n) is 19.0. The van der Waals surface area contributed by atoms with Crippen molar-refractivity contribution in [3.8, 4) is 0 Å². The maximum atomic E-state index is 2.53. The topological polar surface area (TPSA) is 0 Å². The summed E-state index contributed by atoms with van der Waals surface area (Å²) in [4.78, 5) is 0. The summed E-state index contributed by atoms with van der Waals surface area (Å²) in [5, 5.41) is 0. The van der Waals surface area contributed by atoms with Crippen molar-refractivity contribution in [1.29, 1.82) is 0 Å². The third-order valence-electron chi connectivity index (χ3n) is 8.63. The smallest absolute Gasteiger partial charge is 0.00992 e. The fraction of sp³-hybridized carbons (Fsp3) is 0.586. The molecule has 0 amide bonds. The molecule has 0 radical (unpaired) electrons. The highest BCUT2D eigenvalue weighted by Crippen LogP contribution is 2.64. The molecule has 0 heterocycles. The summed E-state index contributed by atoms with van der Waals surface area (Å²) in [6.45, 7) is 11.7. The van der Waals surface area contributed by atoms with Crippen LogP contribution in [0.5, 0.6) is 0 Å². The van der Waals surface area contributed by atoms with E-state index in [2.05, 4.69) is 71.0 Å². The Kier molecular flexibility index (Phi) is 4.88. The molecule has 6 unspecified atom stereocenters. The Morgan fingerprint density at radius 3 is 1.31 bits per heavy atom. The quantitative estimate of drug-likeness (QED) is 0.492. The Balaban J connectivity index is 1.61. The van der Waals surface area contributed by atoms with Gasteiger partial charge >= 0.3 is 0 Å². The van der Waals surface area contributed by atoms with Crippen LogP contribution in [-0.2, 0) is 0 Å². The monoisotopic (exact) mass is 386 g/mol. The van der Waals surface area contributed by atoms with Crippen molar-refractivity contribution < 1.29 is 0 Å². The van der Waals surface area contributed by atoms with Gasteiger partial charge in [0.15, 0.2) is 0 Å². The van der Waals surface area contributed by atoms with Gasteiger partial charge in [-0.2, -0.15) is 0 Å². The SMILES string of the molecule is Cc1cc(C)cc(C2C3CCCC3C(c3cc(C)cc(C)c3)C3CC(C)CC32)c1. The highest BCUT2D eigenvalue weighted by Gasteiger charge is 2.54. The van der Waals surface area contributed by atoms with Crippen LogP contribution in [0.3, 0.4) is 0 Å². The Bertz CT molecular complexity index is 792. The lowest BCUT2D eigenvalue weighted by atomic mass is 9.55. The van der Waals surface area contributed by atoms with Gasteiger partial charge < -0.3 is 0 Å². The average molecular weight is 387 g/mol. The number of rotatable bonds is 2. The molecule has 0 heteroatoms. The summed E-state index contributed by atoms with van der Waals surface area (Å²) >= 11 is 0. The van der Waals surface area contributed by atoms with Crippen LogP contribution in [0.2, 0.25) is 0 Å². The van der Waals surface area contributed by atoms with Gasteiger partial charge in [-0.1, -0.05) is 72.0 Å². The molecule has 3 saturated carbocycles. The molecule has 29 heavy (non-hydrogen) atoms. The Hall–Kier alpha value is -1.56. The highest BCUT2D eigenvalue weighted by atomic mass is 14.6. The largest absolute Gasteiger partial charge is 0.0625 e. The molecule has 3 aliphatic carbocycles. The lowest BCUT2D eigenvalue weighted by molar-refractivity contribution is 0.0920. The molecule has 3 fully saturated rings. The van der Waals surface area contributed by atoms with Gasteiger partial charge in [0.1, 0.15) is 0 Å². The van der Waals surface area contributed by atoms with Crippen molar-refractivity contribution in [1.82, 2.24) is 0 Å². The predicted octanol–water partition coefficient (Wildman–Crippen LogP) is 7.88. The second-order valence-electron chi connectivity index (χ2n) is 11.1. The normalized spacial score (nSPS) is 36.1. The van der Waals surface area contributed by atoms with Gasteiger partial charge in [0.2, 0.25) is 0 Å². The molecule has 2 aromatic carbocycles. The molecule has 0 saturated heterocycles. The number of benzene rings is 2. The van der Waals surface area contributed by atoms with E-state index in [1.165, 1.54) is 54.4 Å². The van der Waals surface area contributed by atoms with Crippen LogP contribution in [-0.4, -0.2) is 0 Å². The fourth-order valence-electron chi connectivity index (χ4n) is 8.14. The number of hydrogen-bond acceptors (Lipinski definition) is 0. The van der Waals surface area contributed by atoms with E-state index in [4.69, 9.17) is 0 Å². The summed E-state index contributed by atoms with van der Waals surface area (Å²) < 4.78 is 0. The average Bonchev–Trinajstić information content (AvgIpc) is 3.23. The second kappa shape index (κ2) is 7.29. The first-order valence-corrected chi connectivity index (χ1v) is 12.1. The number of hydrogen-bond donors (Lipinski definition) is 0. The van der Waals surface area contributed by atoms with Crippen LogP contribution in [0, 0.1) is 57.3 Å². The molecular weight excluding hydrogens is 348 g/mol. The molecule has 0 spiro atoms. The van der Waals surface area contributed by atoms with Crippen LogP contribution in [0.25, 0.3) is 0 Å². The van der Waals surface area contributed by atoms with Crippen molar-refractivity contribution in [3.63, 3.8) is 0 Å². The van der Waals surface area contributed by atoms with Crippen LogP contribution < -0.4 is 0 Å². The van der Waals surface area contributed by atoms with Crippen molar-refractivity contribution in [2.75, 3.05) is 0 Å².